The third-order valence-corrected chi connectivity index (χ3v) is 0. The van der Waals surface area contributed by atoms with Gasteiger partial charge in [0.15, 0.2) is 0 Å². The van der Waals surface area contributed by atoms with Crippen molar-refractivity contribution in [3.05, 3.63) is 0 Å². The maximum Gasteiger partial charge on any atom is 2.00 e. The van der Waals surface area contributed by atoms with Gasteiger partial charge in [0.2, 0.25) is 0 Å². The summed E-state index contributed by atoms with van der Waals surface area (Å²) in [4.78, 5) is 17.0. The second-order valence-corrected chi connectivity index (χ2v) is 0.750. The third kappa shape index (κ3) is 57.2. The molecule has 0 aliphatic heterocycles. The molecule has 0 heterocycles. The summed E-state index contributed by atoms with van der Waals surface area (Å²) in [7, 11) is -3.63. The van der Waals surface area contributed by atoms with Crippen molar-refractivity contribution in [2.24, 2.45) is 0 Å². The number of hydrogen-bond donors (Lipinski definition) is 0. The van der Waals surface area contributed by atoms with E-state index in [0.29, 0.717) is 0 Å². The van der Waals surface area contributed by atoms with Gasteiger partial charge in [0.05, 0.1) is 0 Å². The molecule has 0 saturated carbocycles. The summed E-state index contributed by atoms with van der Waals surface area (Å²) in [6.07, 6.45) is 0. The minimum absolute atomic E-state index is 0. The Balaban J connectivity index is -0.00000000750. The van der Waals surface area contributed by atoms with Gasteiger partial charge >= 0.3 is 103 Å². The Morgan fingerprint density at radius 3 is 1.25 bits per heavy atom. The van der Waals surface area contributed by atoms with Crippen molar-refractivity contribution in [2.75, 3.05) is 0 Å². The van der Waals surface area contributed by atoms with Gasteiger partial charge in [0, 0.05) is 19.1 Å². The van der Waals surface area contributed by atoms with E-state index in [2.05, 4.69) is 0 Å². The van der Waals surface area contributed by atoms with Crippen LogP contribution in [-0.4, -0.2) is 92.4 Å². The van der Waals surface area contributed by atoms with Crippen LogP contribution >= 0.6 is 9.90 Å². The van der Waals surface area contributed by atoms with Gasteiger partial charge in [-0.2, -0.15) is 0 Å². The van der Waals surface area contributed by atoms with Crippen molar-refractivity contribution in [3.63, 3.8) is 0 Å². The maximum absolute atomic E-state index is 8.52. The summed E-state index contributed by atoms with van der Waals surface area (Å²) < 4.78 is 8.52. The average molecular weight is 304 g/mol. The molecule has 0 fully saturated rings. The van der Waals surface area contributed by atoms with Crippen molar-refractivity contribution in [3.8, 4) is 0 Å². The van der Waals surface area contributed by atoms with Gasteiger partial charge in [0.1, 0.15) is 0 Å². The molecule has 8 heteroatoms. The smallest absolute Gasteiger partial charge is 2.00 e. The van der Waals surface area contributed by atoms with Crippen molar-refractivity contribution in [1.29, 1.82) is 0 Å². The topological polar surface area (TPSA) is 63.2 Å². The first-order chi connectivity index (χ1) is 1.73. The molecule has 0 aliphatic rings. The van der Waals surface area contributed by atoms with Gasteiger partial charge in [-0.05, 0) is 0 Å². The average Bonchev–Trinajstić information content (AvgIpc) is 0.811. The predicted molar refractivity (Wildman–Crippen MR) is 30.4 cm³/mol. The Kier molecular flexibility index (Phi) is 84.4. The molecule has 3 nitrogen and oxygen atoms in total. The normalized spacial score (nSPS) is 3.00. The summed E-state index contributed by atoms with van der Waals surface area (Å²) >= 11 is 0. The van der Waals surface area contributed by atoms with Crippen LogP contribution in [0.5, 0.6) is 0 Å². The van der Waals surface area contributed by atoms with E-state index in [-0.39, 0.29) is 113 Å². The van der Waals surface area contributed by atoms with E-state index >= 15 is 0 Å². The fourth-order valence-electron chi connectivity index (χ4n) is 0. The monoisotopic (exact) mass is 303 g/mol. The first-order valence-corrected chi connectivity index (χ1v) is 1.84. The Bertz CT molecular complexity index is 42.3. The molecule has 0 aromatic heterocycles. The fraction of sp³-hybridized carbons (Fsp3) is 0. The van der Waals surface area contributed by atoms with Gasteiger partial charge in [0.25, 0.3) is 0 Å². The van der Waals surface area contributed by atoms with Crippen LogP contribution in [0.4, 0.5) is 0 Å². The zero-order chi connectivity index (χ0) is 3.58. The Morgan fingerprint density at radius 1 is 1.25 bits per heavy atom. The van der Waals surface area contributed by atoms with Crippen LogP contribution in [0.3, 0.4) is 0 Å². The van der Waals surface area contributed by atoms with Crippen LogP contribution in [0.2, 0.25) is 0 Å². The molecule has 0 unspecified atom stereocenters. The summed E-state index contributed by atoms with van der Waals surface area (Å²) in [5, 5.41) is 0. The number of rotatable bonds is 0. The largest absolute Gasteiger partial charge is 2.00 e. The van der Waals surface area contributed by atoms with E-state index < -0.39 is 9.17 Å². The van der Waals surface area contributed by atoms with Crippen LogP contribution in [0.1, 0.15) is 0 Å². The van der Waals surface area contributed by atoms with Crippen LogP contribution < -0.4 is 9.59 Å². The molecule has 8 heavy (non-hydrogen) atoms. The maximum atomic E-state index is 8.52. The van der Waals surface area contributed by atoms with E-state index in [0.717, 1.165) is 0 Å². The minimum Gasteiger partial charge on any atom is 2.00 e. The van der Waals surface area contributed by atoms with Gasteiger partial charge in [-0.25, -0.2) is 0 Å². The van der Waals surface area contributed by atoms with Crippen LogP contribution in [0.25, 0.3) is 0 Å². The second kappa shape index (κ2) is 22.4. The van der Waals surface area contributed by atoms with Crippen LogP contribution in [0, 0.1) is 0 Å². The van der Waals surface area contributed by atoms with E-state index in [1.165, 1.54) is 0 Å². The van der Waals surface area contributed by atoms with Gasteiger partial charge in [-0.3, -0.25) is 0 Å². The van der Waals surface area contributed by atoms with E-state index in [9.17, 15) is 0 Å². The molecule has 37 valence electrons. The van der Waals surface area contributed by atoms with Gasteiger partial charge < -0.3 is 14.1 Å². The van der Waals surface area contributed by atoms with Gasteiger partial charge in [-0.15, -0.1) is 0 Å². The molecule has 0 atom stereocenters. The van der Waals surface area contributed by atoms with Crippen molar-refractivity contribution in [2.45, 2.75) is 0 Å². The third-order valence-electron chi connectivity index (χ3n) is 0. The molecular formula is H4CaO3PSiSrZn. The molecule has 3 radical (unpaired) electrons. The Hall–Kier alpha value is 3.41. The first kappa shape index (κ1) is 30.1. The predicted octanol–water partition coefficient (Wildman–Crippen LogP) is -3.85. The number of hydrogen-bond acceptors (Lipinski definition) is 3. The second-order valence-electron chi connectivity index (χ2n) is 0.250. The van der Waals surface area contributed by atoms with E-state index in [1.54, 1.807) is 0 Å². The molecule has 0 saturated heterocycles. The quantitative estimate of drug-likeness (QED) is 0.340. The Morgan fingerprint density at radius 2 is 1.25 bits per heavy atom. The van der Waals surface area contributed by atoms with Crippen molar-refractivity contribution >= 4 is 102 Å². The summed E-state index contributed by atoms with van der Waals surface area (Å²) in [6.45, 7) is 0. The molecule has 0 aromatic carbocycles. The molecule has 0 amide bonds. The molecule has 0 aliphatic carbocycles. The zero-order valence-corrected chi connectivity index (χ0v) is 7.74. The van der Waals surface area contributed by atoms with Crippen LogP contribution in [0.15, 0.2) is 0 Å². The molecule has 0 rings (SSSR count). The fourth-order valence-corrected chi connectivity index (χ4v) is 0. The summed E-state index contributed by atoms with van der Waals surface area (Å²) in [5.74, 6) is 0. The molecule has 0 aromatic rings. The van der Waals surface area contributed by atoms with Crippen LogP contribution in [-0.2, 0) is 23.9 Å². The zero-order valence-electron chi connectivity index (χ0n) is 2.88. The summed E-state index contributed by atoms with van der Waals surface area (Å²) in [5.41, 5.74) is 0. The van der Waals surface area contributed by atoms with Crippen molar-refractivity contribution in [1.82, 2.24) is 0 Å². The first-order valence-electron chi connectivity index (χ1n) is 0.612. The van der Waals surface area contributed by atoms with E-state index in [4.69, 9.17) is 14.1 Å². The minimum atomic E-state index is -3.63. The van der Waals surface area contributed by atoms with Gasteiger partial charge in [-0.1, -0.05) is 0 Å². The standard InChI is InChI=1S/Ca.O3Si.P.Sr.Zn.4H/c;1-4(2)3;;;;;;;/q;-2;;;+2;;;;. The SMILES string of the molecule is O=[Si]([O-])[O-].[CaH2].[P].[SrH2].[Zn+2]. The van der Waals surface area contributed by atoms with E-state index in [1.807, 2.05) is 0 Å². The Labute approximate surface area is 133 Å². The van der Waals surface area contributed by atoms with Crippen molar-refractivity contribution < 1.29 is 33.5 Å². The molecule has 0 spiro atoms. The molecule has 0 N–H and O–H groups in total. The molecule has 0 bridgehead atoms. The molecular weight excluding hydrogens is 300 g/mol. The summed E-state index contributed by atoms with van der Waals surface area (Å²) in [6, 6.07) is 0.